The van der Waals surface area contributed by atoms with Gasteiger partial charge in [-0.05, 0) is 19.4 Å². The molecule has 8 heteroatoms. The quantitative estimate of drug-likeness (QED) is 0.779. The van der Waals surface area contributed by atoms with Gasteiger partial charge >= 0.3 is 0 Å². The highest BCUT2D eigenvalue weighted by molar-refractivity contribution is 7.89. The van der Waals surface area contributed by atoms with Gasteiger partial charge in [0.1, 0.15) is 16.5 Å². The van der Waals surface area contributed by atoms with Crippen molar-refractivity contribution in [1.82, 2.24) is 4.31 Å². The molecule has 1 atom stereocenters. The summed E-state index contributed by atoms with van der Waals surface area (Å²) in [6.07, 6.45) is 0.543. The van der Waals surface area contributed by atoms with Crippen LogP contribution in [0.4, 0.5) is 14.5 Å². The lowest BCUT2D eigenvalue weighted by Crippen LogP contribution is -2.40. The fraction of sp³-hybridized carbons (Fsp3) is 0.538. The number of rotatable bonds is 7. The lowest BCUT2D eigenvalue weighted by molar-refractivity contribution is 0.167. The molecule has 0 amide bonds. The van der Waals surface area contributed by atoms with Gasteiger partial charge in [0.15, 0.2) is 0 Å². The van der Waals surface area contributed by atoms with Crippen LogP contribution >= 0.6 is 0 Å². The number of benzene rings is 1. The summed E-state index contributed by atoms with van der Waals surface area (Å²) < 4.78 is 58.2. The first kappa shape index (κ1) is 17.8. The van der Waals surface area contributed by atoms with Crippen LogP contribution in [-0.2, 0) is 14.8 Å². The predicted molar refractivity (Wildman–Crippen MR) is 76.3 cm³/mol. The van der Waals surface area contributed by atoms with Gasteiger partial charge in [0.05, 0.1) is 12.3 Å². The van der Waals surface area contributed by atoms with Crippen molar-refractivity contribution in [2.75, 3.05) is 26.0 Å². The summed E-state index contributed by atoms with van der Waals surface area (Å²) in [5.41, 5.74) is 4.93. The minimum absolute atomic E-state index is 0.0740. The van der Waals surface area contributed by atoms with Crippen molar-refractivity contribution in [3.63, 3.8) is 0 Å². The molecule has 0 saturated carbocycles. The molecule has 0 aliphatic carbocycles. The van der Waals surface area contributed by atoms with E-state index < -0.39 is 32.2 Å². The molecular formula is C13H20F2N2O3S. The van der Waals surface area contributed by atoms with E-state index in [1.54, 1.807) is 6.92 Å². The number of halogens is 2. The van der Waals surface area contributed by atoms with E-state index in [1.807, 2.05) is 6.92 Å². The Bertz CT molecular complexity index is 593. The number of sulfonamides is 1. The Morgan fingerprint density at radius 1 is 1.33 bits per heavy atom. The number of nitrogens with two attached hydrogens (primary N) is 1. The second-order valence-electron chi connectivity index (χ2n) is 4.67. The van der Waals surface area contributed by atoms with Crippen molar-refractivity contribution in [1.29, 1.82) is 0 Å². The third-order valence-corrected chi connectivity index (χ3v) is 5.26. The van der Waals surface area contributed by atoms with E-state index in [-0.39, 0.29) is 19.2 Å². The average molecular weight is 322 g/mol. The number of hydrogen-bond donors (Lipinski definition) is 1. The molecule has 0 aliphatic rings. The minimum Gasteiger partial charge on any atom is -0.396 e. The molecule has 120 valence electrons. The van der Waals surface area contributed by atoms with Crippen molar-refractivity contribution in [2.45, 2.75) is 31.2 Å². The standard InChI is InChI=1S/C13H20F2N2O3S/c1-4-9(2)17(5-6-20-3)21(18,19)13-8-12(16)10(14)7-11(13)15/h7-9H,4-6,16H2,1-3H3. The minimum atomic E-state index is -4.12. The van der Waals surface area contributed by atoms with E-state index in [1.165, 1.54) is 7.11 Å². The van der Waals surface area contributed by atoms with Gasteiger partial charge in [-0.15, -0.1) is 0 Å². The van der Waals surface area contributed by atoms with Crippen LogP contribution in [0.15, 0.2) is 17.0 Å². The van der Waals surface area contributed by atoms with E-state index in [2.05, 4.69) is 0 Å². The summed E-state index contributed by atoms with van der Waals surface area (Å²) in [7, 11) is -2.68. The Morgan fingerprint density at radius 2 is 1.95 bits per heavy atom. The molecule has 1 rings (SSSR count). The molecule has 1 aromatic rings. The van der Waals surface area contributed by atoms with Gasteiger partial charge in [-0.2, -0.15) is 4.31 Å². The van der Waals surface area contributed by atoms with Crippen LogP contribution in [0, 0.1) is 11.6 Å². The molecular weight excluding hydrogens is 302 g/mol. The zero-order valence-corrected chi connectivity index (χ0v) is 13.1. The van der Waals surface area contributed by atoms with Gasteiger partial charge in [-0.1, -0.05) is 6.92 Å². The average Bonchev–Trinajstić information content (AvgIpc) is 2.42. The number of nitrogen functional groups attached to an aromatic ring is 1. The molecule has 2 N–H and O–H groups in total. The van der Waals surface area contributed by atoms with Gasteiger partial charge in [-0.3, -0.25) is 0 Å². The molecule has 0 bridgehead atoms. The maximum Gasteiger partial charge on any atom is 0.246 e. The largest absolute Gasteiger partial charge is 0.396 e. The first-order valence-electron chi connectivity index (χ1n) is 6.51. The van der Waals surface area contributed by atoms with Gasteiger partial charge < -0.3 is 10.5 Å². The molecule has 1 unspecified atom stereocenters. The molecule has 0 aromatic heterocycles. The van der Waals surface area contributed by atoms with Gasteiger partial charge in [-0.25, -0.2) is 17.2 Å². The third-order valence-electron chi connectivity index (χ3n) is 3.24. The SMILES string of the molecule is CCC(C)N(CCOC)S(=O)(=O)c1cc(N)c(F)cc1F. The molecule has 0 saturated heterocycles. The Balaban J connectivity index is 3.31. The Kier molecular flexibility index (Phi) is 6.06. The van der Waals surface area contributed by atoms with Crippen LogP contribution in [0.5, 0.6) is 0 Å². The monoisotopic (exact) mass is 322 g/mol. The maximum atomic E-state index is 13.8. The smallest absolute Gasteiger partial charge is 0.246 e. The summed E-state index contributed by atoms with van der Waals surface area (Å²) in [4.78, 5) is -0.627. The van der Waals surface area contributed by atoms with E-state index in [4.69, 9.17) is 10.5 Å². The van der Waals surface area contributed by atoms with Crippen LogP contribution in [0.3, 0.4) is 0 Å². The summed E-state index contributed by atoms with van der Waals surface area (Å²) in [6.45, 7) is 3.76. The van der Waals surface area contributed by atoms with Crippen LogP contribution in [0.2, 0.25) is 0 Å². The summed E-state index contributed by atoms with van der Waals surface area (Å²) in [5, 5.41) is 0. The first-order chi connectivity index (χ1) is 9.75. The van der Waals surface area contributed by atoms with Crippen molar-refractivity contribution in [2.24, 2.45) is 0 Å². The summed E-state index contributed by atoms with van der Waals surface area (Å²) >= 11 is 0. The molecule has 0 heterocycles. The normalized spacial score (nSPS) is 13.6. The number of nitrogens with zero attached hydrogens (tertiary/aromatic N) is 1. The zero-order chi connectivity index (χ0) is 16.2. The van der Waals surface area contributed by atoms with Crippen LogP contribution < -0.4 is 5.73 Å². The fourth-order valence-corrected chi connectivity index (χ4v) is 3.60. The lowest BCUT2D eigenvalue weighted by Gasteiger charge is -2.27. The maximum absolute atomic E-state index is 13.8. The predicted octanol–water partition coefficient (Wildman–Crippen LogP) is 1.98. The van der Waals surface area contributed by atoms with Gasteiger partial charge in [0.25, 0.3) is 0 Å². The van der Waals surface area contributed by atoms with Gasteiger partial charge in [0.2, 0.25) is 10.0 Å². The highest BCUT2D eigenvalue weighted by atomic mass is 32.2. The Hall–Kier alpha value is -1.25. The third kappa shape index (κ3) is 3.90. The number of hydrogen-bond acceptors (Lipinski definition) is 4. The first-order valence-corrected chi connectivity index (χ1v) is 7.95. The highest BCUT2D eigenvalue weighted by Crippen LogP contribution is 2.25. The fourth-order valence-electron chi connectivity index (χ4n) is 1.83. The molecule has 0 fully saturated rings. The van der Waals surface area contributed by atoms with E-state index in [0.29, 0.717) is 12.5 Å². The Labute approximate surface area is 123 Å². The van der Waals surface area contributed by atoms with Crippen LogP contribution in [0.25, 0.3) is 0 Å². The number of anilines is 1. The molecule has 0 spiro atoms. The number of ether oxygens (including phenoxy) is 1. The van der Waals surface area contributed by atoms with E-state index in [0.717, 1.165) is 10.4 Å². The van der Waals surface area contributed by atoms with Gasteiger partial charge in [0, 0.05) is 25.8 Å². The zero-order valence-electron chi connectivity index (χ0n) is 12.3. The molecule has 0 aliphatic heterocycles. The molecule has 21 heavy (non-hydrogen) atoms. The van der Waals surface area contributed by atoms with E-state index >= 15 is 0 Å². The van der Waals surface area contributed by atoms with Crippen LogP contribution in [-0.4, -0.2) is 39.0 Å². The molecule has 0 radical (unpaired) electrons. The highest BCUT2D eigenvalue weighted by Gasteiger charge is 2.31. The van der Waals surface area contributed by atoms with E-state index in [9.17, 15) is 17.2 Å². The Morgan fingerprint density at radius 3 is 2.48 bits per heavy atom. The molecule has 5 nitrogen and oxygen atoms in total. The second-order valence-corrected chi connectivity index (χ2v) is 6.53. The number of methoxy groups -OCH3 is 1. The van der Waals surface area contributed by atoms with Crippen molar-refractivity contribution < 1.29 is 21.9 Å². The topological polar surface area (TPSA) is 72.6 Å². The molecule has 1 aromatic carbocycles. The summed E-state index contributed by atoms with van der Waals surface area (Å²) in [5.74, 6) is -2.15. The summed E-state index contributed by atoms with van der Waals surface area (Å²) in [6, 6.07) is 0.936. The van der Waals surface area contributed by atoms with Crippen molar-refractivity contribution in [3.8, 4) is 0 Å². The van der Waals surface area contributed by atoms with Crippen molar-refractivity contribution >= 4 is 15.7 Å². The van der Waals surface area contributed by atoms with Crippen molar-refractivity contribution in [3.05, 3.63) is 23.8 Å². The second kappa shape index (κ2) is 7.15. The lowest BCUT2D eigenvalue weighted by atomic mass is 10.3. The van der Waals surface area contributed by atoms with Crippen LogP contribution in [0.1, 0.15) is 20.3 Å².